The van der Waals surface area contributed by atoms with Gasteiger partial charge in [0.05, 0.1) is 5.56 Å². The van der Waals surface area contributed by atoms with E-state index in [0.29, 0.717) is 17.2 Å². The van der Waals surface area contributed by atoms with Gasteiger partial charge in [-0.2, -0.15) is 0 Å². The highest BCUT2D eigenvalue weighted by Crippen LogP contribution is 2.40. The molecule has 2 atom stereocenters. The van der Waals surface area contributed by atoms with E-state index in [2.05, 4.69) is 25.9 Å². The quantitative estimate of drug-likeness (QED) is 0.669. The molecule has 0 aromatic heterocycles. The monoisotopic (exact) mass is 304 g/mol. The molecule has 0 radical (unpaired) electrons. The molecule has 2 rings (SSSR count). The third-order valence-electron chi connectivity index (χ3n) is 4.77. The Morgan fingerprint density at radius 1 is 1.32 bits per heavy atom. The minimum atomic E-state index is -0.332. The molecule has 2 N–H and O–H groups in total. The van der Waals surface area contributed by atoms with Crippen molar-refractivity contribution in [2.75, 3.05) is 26.4 Å². The molecular weight excluding hydrogens is 276 g/mol. The molecule has 2 unspecified atom stereocenters. The van der Waals surface area contributed by atoms with Crippen LogP contribution < -0.4 is 5.73 Å². The highest BCUT2D eigenvalue weighted by atomic mass is 16.6. The summed E-state index contributed by atoms with van der Waals surface area (Å²) in [6.45, 7) is 3.09. The zero-order chi connectivity index (χ0) is 16.2. The van der Waals surface area contributed by atoms with E-state index in [9.17, 15) is 4.79 Å². The summed E-state index contributed by atoms with van der Waals surface area (Å²) in [5.41, 5.74) is 6.59. The van der Waals surface area contributed by atoms with Crippen molar-refractivity contribution in [2.45, 2.75) is 44.6 Å². The van der Waals surface area contributed by atoms with Crippen LogP contribution in [-0.4, -0.2) is 37.1 Å². The maximum Gasteiger partial charge on any atom is 0.338 e. The van der Waals surface area contributed by atoms with Crippen molar-refractivity contribution in [1.29, 1.82) is 0 Å². The SMILES string of the molecule is CCC1(OC(=O)c2ccc(N)cc2)CCCCC1CN(C)C. The van der Waals surface area contributed by atoms with Crippen LogP contribution in [0.4, 0.5) is 5.69 Å². The van der Waals surface area contributed by atoms with Crippen molar-refractivity contribution in [1.82, 2.24) is 4.90 Å². The van der Waals surface area contributed by atoms with Gasteiger partial charge in [-0.15, -0.1) is 0 Å². The Kier molecular flexibility index (Phi) is 5.46. The summed E-state index contributed by atoms with van der Waals surface area (Å²) in [6.07, 6.45) is 5.31. The fourth-order valence-corrected chi connectivity index (χ4v) is 3.52. The number of nitrogens with zero attached hydrogens (tertiary/aromatic N) is 1. The molecule has 22 heavy (non-hydrogen) atoms. The molecule has 4 nitrogen and oxygen atoms in total. The summed E-state index contributed by atoms with van der Waals surface area (Å²) < 4.78 is 6.06. The second-order valence-electron chi connectivity index (χ2n) is 6.63. The molecule has 1 saturated carbocycles. The average Bonchev–Trinajstić information content (AvgIpc) is 2.49. The van der Waals surface area contributed by atoms with E-state index < -0.39 is 0 Å². The summed E-state index contributed by atoms with van der Waals surface area (Å²) in [5.74, 6) is 0.173. The number of ether oxygens (including phenoxy) is 1. The number of nitrogen functional groups attached to an aromatic ring is 1. The molecule has 0 saturated heterocycles. The Labute approximate surface area is 133 Å². The van der Waals surface area contributed by atoms with Gasteiger partial charge in [-0.25, -0.2) is 4.79 Å². The normalized spacial score (nSPS) is 25.2. The van der Waals surface area contributed by atoms with Crippen LogP contribution in [0.25, 0.3) is 0 Å². The van der Waals surface area contributed by atoms with Gasteiger partial charge >= 0.3 is 5.97 Å². The van der Waals surface area contributed by atoms with Gasteiger partial charge in [0.15, 0.2) is 0 Å². The van der Waals surface area contributed by atoms with Gasteiger partial charge in [0.25, 0.3) is 0 Å². The van der Waals surface area contributed by atoms with Crippen molar-refractivity contribution in [3.63, 3.8) is 0 Å². The number of carbonyl (C=O) groups excluding carboxylic acids is 1. The molecule has 1 aromatic rings. The van der Waals surface area contributed by atoms with Gasteiger partial charge < -0.3 is 15.4 Å². The number of nitrogens with two attached hydrogens (primary N) is 1. The van der Waals surface area contributed by atoms with Crippen LogP contribution in [0.15, 0.2) is 24.3 Å². The van der Waals surface area contributed by atoms with Gasteiger partial charge in [-0.3, -0.25) is 0 Å². The Hall–Kier alpha value is -1.55. The summed E-state index contributed by atoms with van der Waals surface area (Å²) >= 11 is 0. The number of anilines is 1. The minimum Gasteiger partial charge on any atom is -0.455 e. The highest BCUT2D eigenvalue weighted by molar-refractivity contribution is 5.90. The zero-order valence-corrected chi connectivity index (χ0v) is 14.0. The molecule has 0 spiro atoms. The molecule has 0 aliphatic heterocycles. The molecule has 1 fully saturated rings. The maximum atomic E-state index is 12.5. The van der Waals surface area contributed by atoms with E-state index in [4.69, 9.17) is 10.5 Å². The van der Waals surface area contributed by atoms with Gasteiger partial charge in [0.1, 0.15) is 5.60 Å². The molecule has 1 aromatic carbocycles. The van der Waals surface area contributed by atoms with Gasteiger partial charge in [0, 0.05) is 18.2 Å². The van der Waals surface area contributed by atoms with Crippen molar-refractivity contribution >= 4 is 11.7 Å². The Balaban J connectivity index is 2.17. The van der Waals surface area contributed by atoms with Crippen LogP contribution in [0, 0.1) is 5.92 Å². The number of carbonyl (C=O) groups is 1. The highest BCUT2D eigenvalue weighted by Gasteiger charge is 2.42. The van der Waals surface area contributed by atoms with E-state index >= 15 is 0 Å². The first-order valence-electron chi connectivity index (χ1n) is 8.20. The first-order valence-corrected chi connectivity index (χ1v) is 8.20. The molecule has 0 amide bonds. The zero-order valence-electron chi connectivity index (χ0n) is 14.0. The maximum absolute atomic E-state index is 12.5. The summed E-state index contributed by atoms with van der Waals surface area (Å²) in [5, 5.41) is 0. The topological polar surface area (TPSA) is 55.6 Å². The third kappa shape index (κ3) is 3.80. The Morgan fingerprint density at radius 3 is 2.59 bits per heavy atom. The second-order valence-corrected chi connectivity index (χ2v) is 6.63. The number of benzene rings is 1. The summed E-state index contributed by atoms with van der Waals surface area (Å²) in [7, 11) is 4.16. The van der Waals surface area contributed by atoms with Gasteiger partial charge in [-0.05, 0) is 64.0 Å². The smallest absolute Gasteiger partial charge is 0.338 e. The predicted octanol–water partition coefficient (Wildman–Crippen LogP) is 3.33. The predicted molar refractivity (Wildman–Crippen MR) is 89.8 cm³/mol. The summed E-state index contributed by atoms with van der Waals surface area (Å²) in [4.78, 5) is 14.7. The van der Waals surface area contributed by atoms with Crippen molar-refractivity contribution in [2.24, 2.45) is 5.92 Å². The van der Waals surface area contributed by atoms with Crippen molar-refractivity contribution < 1.29 is 9.53 Å². The first kappa shape index (κ1) is 16.8. The van der Waals surface area contributed by atoms with E-state index in [-0.39, 0.29) is 11.6 Å². The average molecular weight is 304 g/mol. The molecule has 122 valence electrons. The van der Waals surface area contributed by atoms with Crippen molar-refractivity contribution in [3.05, 3.63) is 29.8 Å². The summed E-state index contributed by atoms with van der Waals surface area (Å²) in [6, 6.07) is 6.97. The van der Waals surface area contributed by atoms with Crippen LogP contribution in [0.5, 0.6) is 0 Å². The third-order valence-corrected chi connectivity index (χ3v) is 4.77. The van der Waals surface area contributed by atoms with E-state index in [1.165, 1.54) is 6.42 Å². The van der Waals surface area contributed by atoms with E-state index in [1.54, 1.807) is 24.3 Å². The molecule has 0 heterocycles. The Bertz CT molecular complexity index is 498. The number of rotatable bonds is 5. The van der Waals surface area contributed by atoms with Crippen LogP contribution in [0.1, 0.15) is 49.4 Å². The van der Waals surface area contributed by atoms with Crippen LogP contribution in [0.2, 0.25) is 0 Å². The molecular formula is C18H28N2O2. The number of hydrogen-bond acceptors (Lipinski definition) is 4. The van der Waals surface area contributed by atoms with Crippen LogP contribution in [-0.2, 0) is 4.74 Å². The second kappa shape index (κ2) is 7.14. The Morgan fingerprint density at radius 2 is 2.00 bits per heavy atom. The number of hydrogen-bond donors (Lipinski definition) is 1. The standard InChI is InChI=1S/C18H28N2O2/c1-4-18(12-6-5-7-15(18)13-20(2)3)22-17(21)14-8-10-16(19)11-9-14/h8-11,15H,4-7,12-13,19H2,1-3H3. The molecule has 1 aliphatic carbocycles. The van der Waals surface area contributed by atoms with Crippen LogP contribution >= 0.6 is 0 Å². The number of esters is 1. The molecule has 0 bridgehead atoms. The fourth-order valence-electron chi connectivity index (χ4n) is 3.52. The lowest BCUT2D eigenvalue weighted by molar-refractivity contribution is -0.0792. The first-order chi connectivity index (χ1) is 10.5. The lowest BCUT2D eigenvalue weighted by Crippen LogP contribution is -2.48. The molecule has 1 aliphatic rings. The van der Waals surface area contributed by atoms with Gasteiger partial charge in [-0.1, -0.05) is 13.3 Å². The lowest BCUT2D eigenvalue weighted by atomic mass is 9.73. The minimum absolute atomic E-state index is 0.229. The van der Waals surface area contributed by atoms with Gasteiger partial charge in [0.2, 0.25) is 0 Å². The van der Waals surface area contributed by atoms with E-state index in [0.717, 1.165) is 32.2 Å². The van der Waals surface area contributed by atoms with E-state index in [1.807, 2.05) is 0 Å². The largest absolute Gasteiger partial charge is 0.455 e. The lowest BCUT2D eigenvalue weighted by Gasteiger charge is -2.44. The van der Waals surface area contributed by atoms with Crippen LogP contribution in [0.3, 0.4) is 0 Å². The fraction of sp³-hybridized carbons (Fsp3) is 0.611. The molecule has 4 heteroatoms. The van der Waals surface area contributed by atoms with Crippen molar-refractivity contribution in [3.8, 4) is 0 Å².